The van der Waals surface area contributed by atoms with E-state index in [4.69, 9.17) is 4.74 Å². The number of alkyl halides is 2. The van der Waals surface area contributed by atoms with Gasteiger partial charge in [-0.05, 0) is 12.1 Å². The fourth-order valence-corrected chi connectivity index (χ4v) is 1.73. The Morgan fingerprint density at radius 2 is 2.10 bits per heavy atom. The Bertz CT molecular complexity index is 643. The Kier molecular flexibility index (Phi) is 4.36. The molecule has 0 aliphatic carbocycles. The van der Waals surface area contributed by atoms with Crippen molar-refractivity contribution in [3.05, 3.63) is 36.0 Å². The highest BCUT2D eigenvalue weighted by Gasteiger charge is 2.15. The fraction of sp³-hybridized carbons (Fsp3) is 0.231. The van der Waals surface area contributed by atoms with Gasteiger partial charge in [-0.3, -0.25) is 10.00 Å². The molecule has 0 spiro atoms. The maximum Gasteiger partial charge on any atom is 0.324 e. The molecule has 0 saturated carbocycles. The third kappa shape index (κ3) is 3.68. The fourth-order valence-electron chi connectivity index (χ4n) is 1.73. The molecule has 0 unspecified atom stereocenters. The zero-order valence-corrected chi connectivity index (χ0v) is 11.4. The van der Waals surface area contributed by atoms with Crippen molar-refractivity contribution in [3.63, 3.8) is 0 Å². The van der Waals surface area contributed by atoms with E-state index in [0.29, 0.717) is 11.4 Å². The molecule has 112 valence electrons. The lowest BCUT2D eigenvalue weighted by molar-refractivity contribution is 0.141. The van der Waals surface area contributed by atoms with Crippen molar-refractivity contribution in [1.29, 1.82) is 0 Å². The lowest BCUT2D eigenvalue weighted by Gasteiger charge is -2.07. The zero-order chi connectivity index (χ0) is 15.4. The standard InChI is InChI=1S/C13H14F2N4O2/c1-19-10(12(14)15)7-11(18-19)17-13(20)16-8-4-3-5-9(6-8)21-2/h3-7,12H,1-2H3,(H2,16,17,18,20). The summed E-state index contributed by atoms with van der Waals surface area (Å²) in [5.41, 5.74) is 0.239. The molecule has 1 aromatic heterocycles. The number of ether oxygens (including phenoxy) is 1. The average Bonchev–Trinajstić information content (AvgIpc) is 2.79. The van der Waals surface area contributed by atoms with Gasteiger partial charge in [-0.2, -0.15) is 5.10 Å². The van der Waals surface area contributed by atoms with E-state index in [2.05, 4.69) is 15.7 Å². The van der Waals surface area contributed by atoms with Gasteiger partial charge in [0.2, 0.25) is 0 Å². The summed E-state index contributed by atoms with van der Waals surface area (Å²) in [6, 6.07) is 7.28. The summed E-state index contributed by atoms with van der Waals surface area (Å²) >= 11 is 0. The molecule has 0 fully saturated rings. The summed E-state index contributed by atoms with van der Waals surface area (Å²) in [6.45, 7) is 0. The van der Waals surface area contributed by atoms with E-state index in [9.17, 15) is 13.6 Å². The minimum absolute atomic E-state index is 0.0493. The van der Waals surface area contributed by atoms with Crippen molar-refractivity contribution in [1.82, 2.24) is 9.78 Å². The number of rotatable bonds is 4. The van der Waals surface area contributed by atoms with E-state index < -0.39 is 12.5 Å². The molecule has 0 radical (unpaired) electrons. The van der Waals surface area contributed by atoms with Crippen LogP contribution in [-0.2, 0) is 7.05 Å². The second-order valence-corrected chi connectivity index (χ2v) is 4.19. The number of nitrogens with one attached hydrogen (secondary N) is 2. The van der Waals surface area contributed by atoms with Crippen LogP contribution < -0.4 is 15.4 Å². The molecule has 2 N–H and O–H groups in total. The maximum atomic E-state index is 12.6. The first-order chi connectivity index (χ1) is 9.99. The van der Waals surface area contributed by atoms with Crippen LogP contribution in [0.5, 0.6) is 5.75 Å². The third-order valence-corrected chi connectivity index (χ3v) is 2.71. The zero-order valence-electron chi connectivity index (χ0n) is 11.4. The topological polar surface area (TPSA) is 68.2 Å². The van der Waals surface area contributed by atoms with Gasteiger partial charge in [0.05, 0.1) is 7.11 Å². The Labute approximate surface area is 119 Å². The molecule has 0 aliphatic heterocycles. The number of aryl methyl sites for hydroxylation is 1. The second-order valence-electron chi connectivity index (χ2n) is 4.19. The lowest BCUT2D eigenvalue weighted by Crippen LogP contribution is -2.19. The number of aromatic nitrogens is 2. The van der Waals surface area contributed by atoms with Crippen LogP contribution in [-0.4, -0.2) is 22.9 Å². The normalized spacial score (nSPS) is 10.5. The van der Waals surface area contributed by atoms with Crippen LogP contribution in [0.2, 0.25) is 0 Å². The highest BCUT2D eigenvalue weighted by atomic mass is 19.3. The largest absolute Gasteiger partial charge is 0.497 e. The molecule has 8 heteroatoms. The molecule has 0 atom stereocenters. The number of carbonyl (C=O) groups is 1. The molecule has 0 saturated heterocycles. The number of nitrogens with zero attached hydrogens (tertiary/aromatic N) is 2. The SMILES string of the molecule is COc1cccc(NC(=O)Nc2cc(C(F)F)n(C)n2)c1. The molecule has 1 heterocycles. The van der Waals surface area contributed by atoms with E-state index >= 15 is 0 Å². The maximum absolute atomic E-state index is 12.6. The van der Waals surface area contributed by atoms with Crippen LogP contribution in [0.3, 0.4) is 0 Å². The van der Waals surface area contributed by atoms with E-state index in [-0.39, 0.29) is 11.5 Å². The van der Waals surface area contributed by atoms with Gasteiger partial charge in [0.25, 0.3) is 6.43 Å². The van der Waals surface area contributed by atoms with Gasteiger partial charge in [-0.1, -0.05) is 6.07 Å². The number of urea groups is 1. The molecule has 0 bridgehead atoms. The van der Waals surface area contributed by atoms with Gasteiger partial charge in [-0.25, -0.2) is 13.6 Å². The highest BCUT2D eigenvalue weighted by Crippen LogP contribution is 2.21. The Morgan fingerprint density at radius 3 is 2.71 bits per heavy atom. The van der Waals surface area contributed by atoms with E-state index in [1.54, 1.807) is 24.3 Å². The molecular formula is C13H14F2N4O2. The van der Waals surface area contributed by atoms with Gasteiger partial charge < -0.3 is 10.1 Å². The van der Waals surface area contributed by atoms with Crippen molar-refractivity contribution < 1.29 is 18.3 Å². The molecule has 0 aliphatic rings. The summed E-state index contributed by atoms with van der Waals surface area (Å²) in [5, 5.41) is 8.73. The van der Waals surface area contributed by atoms with Crippen LogP contribution in [0.1, 0.15) is 12.1 Å². The second kappa shape index (κ2) is 6.21. The molecule has 1 aromatic carbocycles. The van der Waals surface area contributed by atoms with Gasteiger partial charge in [0.15, 0.2) is 5.82 Å². The number of carbonyl (C=O) groups excluding carboxylic acids is 1. The molecular weight excluding hydrogens is 282 g/mol. The van der Waals surface area contributed by atoms with Crippen molar-refractivity contribution in [2.45, 2.75) is 6.43 Å². The number of benzene rings is 1. The highest BCUT2D eigenvalue weighted by molar-refractivity contribution is 5.99. The third-order valence-electron chi connectivity index (χ3n) is 2.71. The summed E-state index contributed by atoms with van der Waals surface area (Å²) < 4.78 is 31.3. The van der Waals surface area contributed by atoms with Gasteiger partial charge in [0, 0.05) is 24.9 Å². The minimum atomic E-state index is -2.65. The Morgan fingerprint density at radius 1 is 1.33 bits per heavy atom. The van der Waals surface area contributed by atoms with E-state index in [1.165, 1.54) is 14.2 Å². The van der Waals surface area contributed by atoms with Crippen molar-refractivity contribution >= 4 is 17.5 Å². The monoisotopic (exact) mass is 296 g/mol. The average molecular weight is 296 g/mol. The first-order valence-corrected chi connectivity index (χ1v) is 6.03. The number of halogens is 2. The van der Waals surface area contributed by atoms with Crippen LogP contribution in [0.15, 0.2) is 30.3 Å². The number of anilines is 2. The predicted molar refractivity (Wildman–Crippen MR) is 73.8 cm³/mol. The molecule has 21 heavy (non-hydrogen) atoms. The smallest absolute Gasteiger partial charge is 0.324 e. The first kappa shape index (κ1) is 14.8. The number of hydrogen-bond acceptors (Lipinski definition) is 3. The first-order valence-electron chi connectivity index (χ1n) is 6.03. The number of methoxy groups -OCH3 is 1. The Balaban J connectivity index is 2.03. The van der Waals surface area contributed by atoms with Crippen molar-refractivity contribution in [3.8, 4) is 5.75 Å². The quantitative estimate of drug-likeness (QED) is 0.911. The van der Waals surface area contributed by atoms with Crippen molar-refractivity contribution in [2.24, 2.45) is 7.05 Å². The van der Waals surface area contributed by atoms with Crippen LogP contribution in [0.4, 0.5) is 25.1 Å². The van der Waals surface area contributed by atoms with Gasteiger partial charge in [0.1, 0.15) is 11.4 Å². The van der Waals surface area contributed by atoms with Crippen molar-refractivity contribution in [2.75, 3.05) is 17.7 Å². The summed E-state index contributed by atoms with van der Waals surface area (Å²) in [4.78, 5) is 11.8. The van der Waals surface area contributed by atoms with Crippen LogP contribution in [0, 0.1) is 0 Å². The summed E-state index contributed by atoms with van der Waals surface area (Å²) in [5.74, 6) is 0.638. The number of hydrogen-bond donors (Lipinski definition) is 2. The predicted octanol–water partition coefficient (Wildman–Crippen LogP) is 3.01. The summed E-state index contributed by atoms with van der Waals surface area (Å²) in [6.07, 6.45) is -2.65. The molecule has 2 aromatic rings. The van der Waals surface area contributed by atoms with Crippen LogP contribution >= 0.6 is 0 Å². The van der Waals surface area contributed by atoms with Gasteiger partial charge >= 0.3 is 6.03 Å². The molecule has 2 rings (SSSR count). The van der Waals surface area contributed by atoms with E-state index in [0.717, 1.165) is 10.7 Å². The lowest BCUT2D eigenvalue weighted by atomic mass is 10.3. The van der Waals surface area contributed by atoms with Crippen LogP contribution in [0.25, 0.3) is 0 Å². The number of amides is 2. The molecule has 2 amide bonds. The molecule has 6 nitrogen and oxygen atoms in total. The minimum Gasteiger partial charge on any atom is -0.497 e. The summed E-state index contributed by atoms with van der Waals surface area (Å²) in [7, 11) is 2.89. The Hall–Kier alpha value is -2.64. The van der Waals surface area contributed by atoms with Gasteiger partial charge in [-0.15, -0.1) is 0 Å². The van der Waals surface area contributed by atoms with E-state index in [1.807, 2.05) is 0 Å².